The maximum atomic E-state index is 5.96. The summed E-state index contributed by atoms with van der Waals surface area (Å²) in [4.78, 5) is 4.82. The highest BCUT2D eigenvalue weighted by Gasteiger charge is 2.18. The van der Waals surface area contributed by atoms with Gasteiger partial charge in [0.2, 0.25) is 0 Å². The molecule has 2 nitrogen and oxygen atoms in total. The summed E-state index contributed by atoms with van der Waals surface area (Å²) >= 11 is 5.96. The average Bonchev–Trinajstić information content (AvgIpc) is 2.60. The van der Waals surface area contributed by atoms with Gasteiger partial charge in [0.25, 0.3) is 0 Å². The molecule has 0 amide bonds. The van der Waals surface area contributed by atoms with Gasteiger partial charge in [-0.3, -0.25) is 4.98 Å². The molecule has 0 saturated carbocycles. The molecule has 0 saturated heterocycles. The van der Waals surface area contributed by atoms with E-state index in [0.717, 1.165) is 27.3 Å². The number of para-hydroxylation sites is 1. The predicted molar refractivity (Wildman–Crippen MR) is 98.9 cm³/mol. The predicted octanol–water partition coefficient (Wildman–Crippen LogP) is 5.86. The second-order valence-electron chi connectivity index (χ2n) is 5.65. The largest absolute Gasteiger partial charge is 0.376 e. The molecule has 0 aliphatic heterocycles. The van der Waals surface area contributed by atoms with E-state index in [1.807, 2.05) is 48.5 Å². The Labute approximate surface area is 141 Å². The molecule has 0 fully saturated rings. The molecule has 23 heavy (non-hydrogen) atoms. The number of hydrogen-bond acceptors (Lipinski definition) is 2. The Hall–Kier alpha value is -2.32. The highest BCUT2D eigenvalue weighted by atomic mass is 35.5. The van der Waals surface area contributed by atoms with Crippen molar-refractivity contribution in [3.8, 4) is 0 Å². The van der Waals surface area contributed by atoms with E-state index in [4.69, 9.17) is 16.6 Å². The van der Waals surface area contributed by atoms with Crippen LogP contribution in [-0.4, -0.2) is 4.98 Å². The van der Waals surface area contributed by atoms with E-state index in [1.54, 1.807) is 0 Å². The molecule has 1 heterocycles. The summed E-state index contributed by atoms with van der Waals surface area (Å²) in [6.45, 7) is 6.07. The molecular weight excluding hydrogens is 304 g/mol. The quantitative estimate of drug-likeness (QED) is 0.595. The van der Waals surface area contributed by atoms with Crippen LogP contribution in [0.5, 0.6) is 0 Å². The summed E-state index contributed by atoms with van der Waals surface area (Å²) in [6, 6.07) is 20.1. The van der Waals surface area contributed by atoms with E-state index in [9.17, 15) is 0 Å². The Morgan fingerprint density at radius 3 is 2.52 bits per heavy atom. The second kappa shape index (κ2) is 6.84. The van der Waals surface area contributed by atoms with Crippen LogP contribution in [0.15, 0.2) is 73.3 Å². The van der Waals surface area contributed by atoms with Crippen LogP contribution >= 0.6 is 11.6 Å². The summed E-state index contributed by atoms with van der Waals surface area (Å²) in [5, 5.41) is 5.42. The maximum absolute atomic E-state index is 5.96. The number of nitrogens with one attached hydrogen (secondary N) is 1. The number of aromatic nitrogens is 1. The van der Waals surface area contributed by atoms with Gasteiger partial charge in [0.1, 0.15) is 0 Å². The summed E-state index contributed by atoms with van der Waals surface area (Å²) < 4.78 is 0. The van der Waals surface area contributed by atoms with E-state index in [2.05, 4.69) is 37.0 Å². The standard InChI is InChI=1S/C20H19ClN2/c1-3-14(2)20(22-17-11-9-16(21)10-12-17)19-13-8-15-6-4-5-7-18(15)23-19/h3-14,20,22H,1H2,2H3. The van der Waals surface area contributed by atoms with Crippen molar-refractivity contribution in [1.29, 1.82) is 0 Å². The van der Waals surface area contributed by atoms with Gasteiger partial charge in [0.05, 0.1) is 17.3 Å². The highest BCUT2D eigenvalue weighted by molar-refractivity contribution is 6.30. The Kier molecular flexibility index (Phi) is 4.63. The van der Waals surface area contributed by atoms with Crippen molar-refractivity contribution in [2.45, 2.75) is 13.0 Å². The molecule has 116 valence electrons. The highest BCUT2D eigenvalue weighted by Crippen LogP contribution is 2.28. The van der Waals surface area contributed by atoms with Crippen LogP contribution in [0.25, 0.3) is 10.9 Å². The van der Waals surface area contributed by atoms with Gasteiger partial charge in [-0.2, -0.15) is 0 Å². The van der Waals surface area contributed by atoms with Crippen LogP contribution < -0.4 is 5.32 Å². The molecule has 2 aromatic carbocycles. The van der Waals surface area contributed by atoms with Gasteiger partial charge < -0.3 is 5.32 Å². The van der Waals surface area contributed by atoms with Crippen molar-refractivity contribution in [3.05, 3.63) is 84.0 Å². The van der Waals surface area contributed by atoms with Crippen LogP contribution in [0.2, 0.25) is 5.02 Å². The zero-order valence-corrected chi connectivity index (χ0v) is 13.8. The number of nitrogens with zero attached hydrogens (tertiary/aromatic N) is 1. The zero-order valence-electron chi connectivity index (χ0n) is 13.0. The normalized spacial score (nSPS) is 13.5. The SMILES string of the molecule is C=CC(C)C(Nc1ccc(Cl)cc1)c1ccc2ccccc2n1. The monoisotopic (exact) mass is 322 g/mol. The van der Waals surface area contributed by atoms with Crippen LogP contribution in [-0.2, 0) is 0 Å². The summed E-state index contributed by atoms with van der Waals surface area (Å²) in [7, 11) is 0. The van der Waals surface area contributed by atoms with Crippen molar-refractivity contribution in [3.63, 3.8) is 0 Å². The Balaban J connectivity index is 1.96. The Morgan fingerprint density at radius 2 is 1.78 bits per heavy atom. The molecule has 3 heteroatoms. The van der Waals surface area contributed by atoms with E-state index < -0.39 is 0 Å². The van der Waals surface area contributed by atoms with Gasteiger partial charge in [-0.25, -0.2) is 0 Å². The van der Waals surface area contributed by atoms with Crippen LogP contribution in [0.3, 0.4) is 0 Å². The van der Waals surface area contributed by atoms with Gasteiger partial charge in [0.15, 0.2) is 0 Å². The molecule has 1 N–H and O–H groups in total. The topological polar surface area (TPSA) is 24.9 Å². The molecule has 3 rings (SSSR count). The number of rotatable bonds is 5. The summed E-state index contributed by atoms with van der Waals surface area (Å²) in [6.07, 6.45) is 1.95. The molecule has 0 spiro atoms. The van der Waals surface area contributed by atoms with E-state index in [-0.39, 0.29) is 12.0 Å². The van der Waals surface area contributed by atoms with Crippen molar-refractivity contribution in [2.24, 2.45) is 5.92 Å². The van der Waals surface area contributed by atoms with Gasteiger partial charge in [-0.05, 0) is 42.3 Å². The minimum Gasteiger partial charge on any atom is -0.376 e. The first-order chi connectivity index (χ1) is 11.2. The third-order valence-electron chi connectivity index (χ3n) is 4.00. The number of halogens is 1. The van der Waals surface area contributed by atoms with E-state index in [1.165, 1.54) is 0 Å². The Bertz CT molecular complexity index is 811. The first kappa shape index (κ1) is 15.6. The first-order valence-electron chi connectivity index (χ1n) is 7.68. The van der Waals surface area contributed by atoms with Gasteiger partial charge in [0, 0.05) is 16.1 Å². The van der Waals surface area contributed by atoms with Gasteiger partial charge >= 0.3 is 0 Å². The first-order valence-corrected chi connectivity index (χ1v) is 8.05. The van der Waals surface area contributed by atoms with Crippen LogP contribution in [0.1, 0.15) is 18.7 Å². The molecule has 0 bridgehead atoms. The molecule has 2 atom stereocenters. The van der Waals surface area contributed by atoms with Crippen molar-refractivity contribution < 1.29 is 0 Å². The Morgan fingerprint density at radius 1 is 1.04 bits per heavy atom. The third-order valence-corrected chi connectivity index (χ3v) is 4.25. The average molecular weight is 323 g/mol. The molecule has 2 unspecified atom stereocenters. The number of anilines is 1. The van der Waals surface area contributed by atoms with Gasteiger partial charge in [-0.1, -0.05) is 48.9 Å². The molecule has 0 aliphatic rings. The molecule has 0 radical (unpaired) electrons. The summed E-state index contributed by atoms with van der Waals surface area (Å²) in [5.74, 6) is 0.236. The number of pyridine rings is 1. The third kappa shape index (κ3) is 3.54. The van der Waals surface area contributed by atoms with E-state index in [0.29, 0.717) is 0 Å². The molecular formula is C20H19ClN2. The fourth-order valence-electron chi connectivity index (χ4n) is 2.59. The molecule has 3 aromatic rings. The van der Waals surface area contributed by atoms with Crippen molar-refractivity contribution >= 4 is 28.2 Å². The lowest BCUT2D eigenvalue weighted by molar-refractivity contribution is 0.592. The van der Waals surface area contributed by atoms with Crippen LogP contribution in [0.4, 0.5) is 5.69 Å². The zero-order chi connectivity index (χ0) is 16.2. The van der Waals surface area contributed by atoms with E-state index >= 15 is 0 Å². The number of benzene rings is 2. The molecule has 1 aromatic heterocycles. The fourth-order valence-corrected chi connectivity index (χ4v) is 2.72. The van der Waals surface area contributed by atoms with Crippen molar-refractivity contribution in [1.82, 2.24) is 4.98 Å². The lowest BCUT2D eigenvalue weighted by atomic mass is 9.97. The summed E-state index contributed by atoms with van der Waals surface area (Å²) in [5.41, 5.74) is 3.03. The molecule has 0 aliphatic carbocycles. The smallest absolute Gasteiger partial charge is 0.0745 e. The second-order valence-corrected chi connectivity index (χ2v) is 6.09. The minimum absolute atomic E-state index is 0.0540. The lowest BCUT2D eigenvalue weighted by Gasteiger charge is -2.24. The minimum atomic E-state index is 0.0540. The number of fused-ring (bicyclic) bond motifs is 1. The van der Waals surface area contributed by atoms with Crippen molar-refractivity contribution in [2.75, 3.05) is 5.32 Å². The van der Waals surface area contributed by atoms with Gasteiger partial charge in [-0.15, -0.1) is 6.58 Å². The lowest BCUT2D eigenvalue weighted by Crippen LogP contribution is -2.18. The fraction of sp³-hybridized carbons (Fsp3) is 0.150. The van der Waals surface area contributed by atoms with Crippen LogP contribution in [0, 0.1) is 5.92 Å². The maximum Gasteiger partial charge on any atom is 0.0745 e. The number of hydrogen-bond donors (Lipinski definition) is 1.